The van der Waals surface area contributed by atoms with E-state index in [1.54, 1.807) is 36.4 Å². The van der Waals surface area contributed by atoms with Crippen LogP contribution >= 0.6 is 23.2 Å². The van der Waals surface area contributed by atoms with Gasteiger partial charge in [0.1, 0.15) is 11.5 Å². The van der Waals surface area contributed by atoms with E-state index in [-0.39, 0.29) is 29.8 Å². The molecule has 2 heterocycles. The Bertz CT molecular complexity index is 1260. The van der Waals surface area contributed by atoms with E-state index >= 15 is 0 Å². The topological polar surface area (TPSA) is 71.1 Å². The quantitative estimate of drug-likeness (QED) is 0.293. The highest BCUT2D eigenvalue weighted by molar-refractivity contribution is 6.37. The summed E-state index contributed by atoms with van der Waals surface area (Å²) in [6, 6.07) is 14.3. The van der Waals surface area contributed by atoms with E-state index < -0.39 is 5.97 Å². The molecule has 8 heteroatoms. The smallest absolute Gasteiger partial charge is 0.343 e. The third-order valence-corrected chi connectivity index (χ3v) is 5.39. The average molecular weight is 455 g/mol. The molecule has 31 heavy (non-hydrogen) atoms. The van der Waals surface area contributed by atoms with Crippen LogP contribution in [0.25, 0.3) is 6.08 Å². The van der Waals surface area contributed by atoms with Crippen molar-refractivity contribution in [3.05, 3.63) is 87.1 Å². The fraction of sp³-hybridized carbons (Fsp3) is 0.0435. The van der Waals surface area contributed by atoms with Gasteiger partial charge in [-0.1, -0.05) is 29.3 Å². The van der Waals surface area contributed by atoms with Gasteiger partial charge in [-0.15, -0.1) is 0 Å². The summed E-state index contributed by atoms with van der Waals surface area (Å²) < 4.78 is 21.6. The highest BCUT2D eigenvalue weighted by Crippen LogP contribution is 2.37. The Hall–Kier alpha value is -3.48. The molecule has 0 bridgehead atoms. The van der Waals surface area contributed by atoms with Gasteiger partial charge in [-0.25, -0.2) is 4.79 Å². The summed E-state index contributed by atoms with van der Waals surface area (Å²) in [4.78, 5) is 25.2. The molecule has 0 aliphatic carbocycles. The van der Waals surface area contributed by atoms with Crippen LogP contribution < -0.4 is 18.9 Å². The molecule has 0 atom stereocenters. The minimum absolute atomic E-state index is 0.0734. The second kappa shape index (κ2) is 7.65. The number of Topliss-reactive ketones (excluding diaryl/α,β-unsaturated/α-hetero) is 1. The SMILES string of the molecule is O=C(Oc1ccc2c(c1)OC(=Cc1c(Cl)cccc1Cl)C2=O)c1ccc2c(c1)OCO2. The second-order valence-electron chi connectivity index (χ2n) is 6.69. The van der Waals surface area contributed by atoms with Gasteiger partial charge in [0.25, 0.3) is 0 Å². The number of carbonyl (C=O) groups excluding carboxylic acids is 2. The van der Waals surface area contributed by atoms with Gasteiger partial charge in [-0.05, 0) is 48.5 Å². The molecule has 0 spiro atoms. The lowest BCUT2D eigenvalue weighted by Gasteiger charge is -2.06. The fourth-order valence-corrected chi connectivity index (χ4v) is 3.71. The minimum atomic E-state index is -0.582. The van der Waals surface area contributed by atoms with Gasteiger partial charge >= 0.3 is 5.97 Å². The van der Waals surface area contributed by atoms with E-state index in [9.17, 15) is 9.59 Å². The monoisotopic (exact) mass is 454 g/mol. The van der Waals surface area contributed by atoms with Crippen LogP contribution in [0.3, 0.4) is 0 Å². The Morgan fingerprint density at radius 1 is 0.935 bits per heavy atom. The lowest BCUT2D eigenvalue weighted by Crippen LogP contribution is -2.08. The number of carbonyl (C=O) groups is 2. The van der Waals surface area contributed by atoms with Crippen LogP contribution in [-0.2, 0) is 0 Å². The number of hydrogen-bond donors (Lipinski definition) is 0. The van der Waals surface area contributed by atoms with Gasteiger partial charge in [0.15, 0.2) is 17.3 Å². The summed E-state index contributed by atoms with van der Waals surface area (Å²) in [5.41, 5.74) is 1.13. The average Bonchev–Trinajstić information content (AvgIpc) is 3.34. The predicted octanol–water partition coefficient (Wildman–Crippen LogP) is 5.56. The van der Waals surface area contributed by atoms with Crippen LogP contribution in [0, 0.1) is 0 Å². The molecule has 2 aliphatic heterocycles. The molecule has 0 unspecified atom stereocenters. The molecule has 3 aromatic carbocycles. The second-order valence-corrected chi connectivity index (χ2v) is 7.51. The molecule has 0 aromatic heterocycles. The van der Waals surface area contributed by atoms with Crippen molar-refractivity contribution >= 4 is 41.0 Å². The number of halogens is 2. The van der Waals surface area contributed by atoms with Crippen molar-refractivity contribution in [1.82, 2.24) is 0 Å². The molecule has 0 saturated heterocycles. The molecule has 0 N–H and O–H groups in total. The van der Waals surface area contributed by atoms with Crippen LogP contribution in [0.2, 0.25) is 10.0 Å². The van der Waals surface area contributed by atoms with Crippen molar-refractivity contribution in [1.29, 1.82) is 0 Å². The van der Waals surface area contributed by atoms with E-state index in [0.717, 1.165) is 0 Å². The normalized spacial score (nSPS) is 15.0. The maximum atomic E-state index is 12.7. The summed E-state index contributed by atoms with van der Waals surface area (Å²) in [6.45, 7) is 0.110. The maximum Gasteiger partial charge on any atom is 0.343 e. The lowest BCUT2D eigenvalue weighted by molar-refractivity contribution is 0.0734. The molecular weight excluding hydrogens is 443 g/mol. The fourth-order valence-electron chi connectivity index (χ4n) is 3.20. The Balaban J connectivity index is 1.38. The molecule has 5 rings (SSSR count). The van der Waals surface area contributed by atoms with Crippen LogP contribution in [0.5, 0.6) is 23.0 Å². The van der Waals surface area contributed by atoms with Gasteiger partial charge in [0, 0.05) is 21.7 Å². The summed E-state index contributed by atoms with van der Waals surface area (Å²) in [5.74, 6) is 0.719. The number of benzene rings is 3. The van der Waals surface area contributed by atoms with Gasteiger partial charge in [-0.2, -0.15) is 0 Å². The van der Waals surface area contributed by atoms with Gasteiger partial charge in [0.2, 0.25) is 12.6 Å². The Morgan fingerprint density at radius 3 is 2.52 bits per heavy atom. The van der Waals surface area contributed by atoms with Crippen molar-refractivity contribution in [2.75, 3.05) is 6.79 Å². The third-order valence-electron chi connectivity index (χ3n) is 4.74. The molecule has 0 fully saturated rings. The lowest BCUT2D eigenvalue weighted by atomic mass is 10.1. The van der Waals surface area contributed by atoms with Crippen molar-refractivity contribution in [3.63, 3.8) is 0 Å². The first kappa shape index (κ1) is 19.5. The summed E-state index contributed by atoms with van der Waals surface area (Å²) >= 11 is 12.3. The molecule has 3 aromatic rings. The molecular formula is C23H12Cl2O6. The Morgan fingerprint density at radius 2 is 1.71 bits per heavy atom. The summed E-state index contributed by atoms with van der Waals surface area (Å²) in [7, 11) is 0. The zero-order chi connectivity index (χ0) is 21.5. The number of rotatable bonds is 3. The van der Waals surface area contributed by atoms with E-state index in [0.29, 0.717) is 38.2 Å². The molecule has 0 saturated carbocycles. The Kier molecular flexibility index (Phi) is 4.81. The van der Waals surface area contributed by atoms with Gasteiger partial charge in [0.05, 0.1) is 11.1 Å². The number of ether oxygens (including phenoxy) is 4. The zero-order valence-electron chi connectivity index (χ0n) is 15.7. The van der Waals surface area contributed by atoms with E-state index in [1.165, 1.54) is 24.3 Å². The zero-order valence-corrected chi connectivity index (χ0v) is 17.2. The largest absolute Gasteiger partial charge is 0.454 e. The van der Waals surface area contributed by atoms with E-state index in [2.05, 4.69) is 0 Å². The molecule has 0 radical (unpaired) electrons. The highest BCUT2D eigenvalue weighted by Gasteiger charge is 2.29. The molecule has 6 nitrogen and oxygen atoms in total. The number of ketones is 1. The van der Waals surface area contributed by atoms with Crippen LogP contribution in [0.15, 0.2) is 60.4 Å². The van der Waals surface area contributed by atoms with Crippen LogP contribution in [0.4, 0.5) is 0 Å². The van der Waals surface area contributed by atoms with E-state index in [1.807, 2.05) is 0 Å². The van der Waals surface area contributed by atoms with Crippen LogP contribution in [-0.4, -0.2) is 18.5 Å². The van der Waals surface area contributed by atoms with Gasteiger partial charge < -0.3 is 18.9 Å². The third kappa shape index (κ3) is 3.60. The number of allylic oxidation sites excluding steroid dienone is 1. The Labute approximate surface area is 186 Å². The first-order valence-corrected chi connectivity index (χ1v) is 9.89. The van der Waals surface area contributed by atoms with Crippen molar-refractivity contribution in [2.45, 2.75) is 0 Å². The number of hydrogen-bond acceptors (Lipinski definition) is 6. The predicted molar refractivity (Wildman–Crippen MR) is 113 cm³/mol. The maximum absolute atomic E-state index is 12.7. The standard InChI is InChI=1S/C23H12Cl2O6/c24-16-2-1-3-17(25)15(16)10-21-22(26)14-6-5-13(9-19(14)31-21)30-23(27)12-4-7-18-20(8-12)29-11-28-18/h1-10H,11H2. The molecule has 0 amide bonds. The van der Waals surface area contributed by atoms with Crippen molar-refractivity contribution in [3.8, 4) is 23.0 Å². The summed E-state index contributed by atoms with van der Waals surface area (Å²) in [5, 5.41) is 0.788. The first-order chi connectivity index (χ1) is 15.0. The number of fused-ring (bicyclic) bond motifs is 2. The van der Waals surface area contributed by atoms with Crippen LogP contribution in [0.1, 0.15) is 26.3 Å². The van der Waals surface area contributed by atoms with Gasteiger partial charge in [-0.3, -0.25) is 4.79 Å². The van der Waals surface area contributed by atoms with Crippen molar-refractivity contribution in [2.24, 2.45) is 0 Å². The first-order valence-electron chi connectivity index (χ1n) is 9.14. The summed E-state index contributed by atoms with van der Waals surface area (Å²) in [6.07, 6.45) is 1.49. The highest BCUT2D eigenvalue weighted by atomic mass is 35.5. The minimum Gasteiger partial charge on any atom is -0.454 e. The van der Waals surface area contributed by atoms with Crippen molar-refractivity contribution < 1.29 is 28.5 Å². The molecule has 154 valence electrons. The number of esters is 1. The molecule has 2 aliphatic rings. The van der Waals surface area contributed by atoms with E-state index in [4.69, 9.17) is 42.1 Å².